The van der Waals surface area contributed by atoms with Gasteiger partial charge in [-0.3, -0.25) is 10.1 Å². The summed E-state index contributed by atoms with van der Waals surface area (Å²) < 4.78 is 50.7. The Labute approximate surface area is 228 Å². The van der Waals surface area contributed by atoms with Crippen molar-refractivity contribution in [3.05, 3.63) is 75.4 Å². The molecule has 6 nitrogen and oxygen atoms in total. The molecular formula is C29H29F3N2O4S. The Morgan fingerprint density at radius 1 is 1.18 bits per heavy atom. The third-order valence-electron chi connectivity index (χ3n) is 6.80. The molecule has 3 aromatic rings. The van der Waals surface area contributed by atoms with Crippen LogP contribution in [0, 0.1) is 23.4 Å². The van der Waals surface area contributed by atoms with Crippen molar-refractivity contribution < 1.29 is 32.6 Å². The number of carbonyl (C=O) groups is 2. The molecule has 1 fully saturated rings. The van der Waals surface area contributed by atoms with Gasteiger partial charge in [-0.25, -0.2) is 22.9 Å². The first-order valence-corrected chi connectivity index (χ1v) is 13.7. The number of hydrogen-bond acceptors (Lipinski definition) is 5. The monoisotopic (exact) mass is 558 g/mol. The molecule has 1 atom stereocenters. The van der Waals surface area contributed by atoms with Crippen molar-refractivity contribution >= 4 is 34.4 Å². The lowest BCUT2D eigenvalue weighted by Gasteiger charge is -2.30. The Balaban J connectivity index is 1.55. The highest BCUT2D eigenvalue weighted by Gasteiger charge is 2.29. The number of ether oxygens (including phenoxy) is 1. The highest BCUT2D eigenvalue weighted by Crippen LogP contribution is 2.40. The summed E-state index contributed by atoms with van der Waals surface area (Å²) in [5.41, 5.74) is -0.0626. The summed E-state index contributed by atoms with van der Waals surface area (Å²) in [7, 11) is 0. The second-order valence-electron chi connectivity index (χ2n) is 9.46. The number of carboxylic acids is 1. The maximum Gasteiger partial charge on any atom is 0.331 e. The van der Waals surface area contributed by atoms with E-state index < -0.39 is 34.9 Å². The second-order valence-corrected chi connectivity index (χ2v) is 10.3. The number of hydrogen-bond donors (Lipinski definition) is 2. The zero-order valence-electron chi connectivity index (χ0n) is 21.6. The van der Waals surface area contributed by atoms with Crippen LogP contribution in [0.25, 0.3) is 17.3 Å². The summed E-state index contributed by atoms with van der Waals surface area (Å²) in [5.74, 6) is -4.48. The zero-order chi connectivity index (χ0) is 28.1. The van der Waals surface area contributed by atoms with Crippen LogP contribution in [0.4, 0.5) is 18.3 Å². The standard InChI is InChI=1S/C29H29F3N2O4S/c1-3-38-26(17-8-5-4-6-9-17)20-11-7-10-19(25(20)32)24-15-39-29(33-24)34-27(35)18-13-22(30)21(23(31)14-18)12-16(2)28(36)37/h7,10-15,17,26H,3-6,8-9H2,1-2H3,(H,36,37)(H,33,34,35). The van der Waals surface area contributed by atoms with Crippen LogP contribution in [0.15, 0.2) is 41.3 Å². The summed E-state index contributed by atoms with van der Waals surface area (Å²) >= 11 is 1.05. The Hall–Kier alpha value is -3.50. The van der Waals surface area contributed by atoms with Crippen LogP contribution >= 0.6 is 11.3 Å². The topological polar surface area (TPSA) is 88.5 Å². The van der Waals surface area contributed by atoms with E-state index in [-0.39, 0.29) is 33.9 Å². The fourth-order valence-electron chi connectivity index (χ4n) is 4.82. The SMILES string of the molecule is CCOC(c1cccc(-c2csc(NC(=O)c3cc(F)c(C=C(C)C(=O)O)c(F)c3)n2)c1F)C1CCCCC1. The van der Waals surface area contributed by atoms with Gasteiger partial charge in [-0.2, -0.15) is 0 Å². The molecule has 1 aliphatic rings. The van der Waals surface area contributed by atoms with E-state index in [1.54, 1.807) is 23.6 Å². The van der Waals surface area contributed by atoms with Crippen LogP contribution in [0.1, 0.15) is 73.5 Å². The van der Waals surface area contributed by atoms with Gasteiger partial charge in [0.1, 0.15) is 17.5 Å². The quantitative estimate of drug-likeness (QED) is 0.264. The van der Waals surface area contributed by atoms with E-state index in [0.29, 0.717) is 17.9 Å². The number of halogens is 3. The number of anilines is 1. The van der Waals surface area contributed by atoms with Gasteiger partial charge in [0, 0.05) is 39.8 Å². The lowest BCUT2D eigenvalue weighted by Crippen LogP contribution is -2.20. The number of amides is 1. The predicted octanol–water partition coefficient (Wildman–Crippen LogP) is 7.63. The van der Waals surface area contributed by atoms with Gasteiger partial charge in [-0.1, -0.05) is 31.4 Å². The van der Waals surface area contributed by atoms with Gasteiger partial charge in [0.15, 0.2) is 5.13 Å². The molecule has 1 aliphatic carbocycles. The van der Waals surface area contributed by atoms with Crippen LogP contribution in [0.2, 0.25) is 0 Å². The minimum Gasteiger partial charge on any atom is -0.478 e. The molecule has 2 N–H and O–H groups in total. The third-order valence-corrected chi connectivity index (χ3v) is 7.56. The van der Waals surface area contributed by atoms with Gasteiger partial charge >= 0.3 is 5.97 Å². The number of rotatable bonds is 9. The number of thiazole rings is 1. The van der Waals surface area contributed by atoms with E-state index in [2.05, 4.69) is 10.3 Å². The molecule has 1 unspecified atom stereocenters. The molecule has 0 saturated heterocycles. The number of benzene rings is 2. The molecule has 4 rings (SSSR count). The third kappa shape index (κ3) is 6.57. The van der Waals surface area contributed by atoms with Gasteiger partial charge in [-0.05, 0) is 56.9 Å². The van der Waals surface area contributed by atoms with E-state index in [1.807, 2.05) is 6.92 Å². The molecule has 39 heavy (non-hydrogen) atoms. The maximum absolute atomic E-state index is 15.8. The number of carbonyl (C=O) groups excluding carboxylic acids is 1. The zero-order valence-corrected chi connectivity index (χ0v) is 22.4. The largest absolute Gasteiger partial charge is 0.478 e. The van der Waals surface area contributed by atoms with Crippen molar-refractivity contribution in [3.63, 3.8) is 0 Å². The fourth-order valence-corrected chi connectivity index (χ4v) is 5.52. The van der Waals surface area contributed by atoms with Crippen molar-refractivity contribution in [2.75, 3.05) is 11.9 Å². The summed E-state index contributed by atoms with van der Waals surface area (Å²) in [4.78, 5) is 28.0. The lowest BCUT2D eigenvalue weighted by molar-refractivity contribution is -0.132. The number of aromatic nitrogens is 1. The molecule has 0 aliphatic heterocycles. The molecule has 1 amide bonds. The Bertz CT molecular complexity index is 1380. The summed E-state index contributed by atoms with van der Waals surface area (Å²) in [5, 5.41) is 13.2. The summed E-state index contributed by atoms with van der Waals surface area (Å²) in [6.45, 7) is 3.56. The van der Waals surface area contributed by atoms with Crippen LogP contribution in [-0.2, 0) is 9.53 Å². The van der Waals surface area contributed by atoms with E-state index in [4.69, 9.17) is 9.84 Å². The van der Waals surface area contributed by atoms with Crippen LogP contribution in [0.3, 0.4) is 0 Å². The first-order chi connectivity index (χ1) is 18.7. The van der Waals surface area contributed by atoms with Gasteiger partial charge in [0.05, 0.1) is 11.8 Å². The predicted molar refractivity (Wildman–Crippen MR) is 144 cm³/mol. The number of nitrogens with one attached hydrogen (secondary N) is 1. The number of aliphatic carboxylic acids is 1. The molecule has 1 saturated carbocycles. The Morgan fingerprint density at radius 2 is 1.87 bits per heavy atom. The normalized spacial score (nSPS) is 15.3. The van der Waals surface area contributed by atoms with Gasteiger partial charge in [0.2, 0.25) is 0 Å². The second kappa shape index (κ2) is 12.6. The minimum absolute atomic E-state index is 0.125. The van der Waals surface area contributed by atoms with Crippen LogP contribution in [0.5, 0.6) is 0 Å². The highest BCUT2D eigenvalue weighted by molar-refractivity contribution is 7.14. The van der Waals surface area contributed by atoms with Crippen LogP contribution < -0.4 is 5.32 Å². The molecule has 206 valence electrons. The number of carboxylic acid groups (broad SMARTS) is 1. The average Bonchev–Trinajstić information content (AvgIpc) is 3.38. The van der Waals surface area contributed by atoms with Crippen molar-refractivity contribution in [1.82, 2.24) is 4.98 Å². The van der Waals surface area contributed by atoms with Crippen molar-refractivity contribution in [1.29, 1.82) is 0 Å². The summed E-state index contributed by atoms with van der Waals surface area (Å²) in [6.07, 6.45) is 5.84. The Kier molecular flexibility index (Phi) is 9.19. The van der Waals surface area contributed by atoms with Gasteiger partial charge < -0.3 is 9.84 Å². The van der Waals surface area contributed by atoms with Crippen molar-refractivity contribution in [2.45, 2.75) is 52.1 Å². The van der Waals surface area contributed by atoms with Crippen molar-refractivity contribution in [2.24, 2.45) is 5.92 Å². The molecule has 1 aromatic heterocycles. The van der Waals surface area contributed by atoms with Crippen molar-refractivity contribution in [3.8, 4) is 11.3 Å². The summed E-state index contributed by atoms with van der Waals surface area (Å²) in [6, 6.07) is 6.74. The molecule has 0 bridgehead atoms. The molecule has 0 spiro atoms. The molecule has 10 heteroatoms. The molecular weight excluding hydrogens is 529 g/mol. The fraction of sp³-hybridized carbons (Fsp3) is 0.345. The van der Waals surface area contributed by atoms with Gasteiger partial charge in [0.25, 0.3) is 5.91 Å². The molecule has 0 radical (unpaired) electrons. The minimum atomic E-state index is -1.32. The smallest absolute Gasteiger partial charge is 0.331 e. The molecule has 1 heterocycles. The lowest BCUT2D eigenvalue weighted by atomic mass is 9.82. The highest BCUT2D eigenvalue weighted by atomic mass is 32.1. The first kappa shape index (κ1) is 28.5. The van der Waals surface area contributed by atoms with E-state index >= 15 is 4.39 Å². The van der Waals surface area contributed by atoms with E-state index in [9.17, 15) is 18.4 Å². The first-order valence-electron chi connectivity index (χ1n) is 12.8. The van der Waals surface area contributed by atoms with Gasteiger partial charge in [-0.15, -0.1) is 11.3 Å². The maximum atomic E-state index is 15.8. The average molecular weight is 559 g/mol. The van der Waals surface area contributed by atoms with E-state index in [0.717, 1.165) is 55.2 Å². The van der Waals surface area contributed by atoms with Crippen LogP contribution in [-0.4, -0.2) is 28.6 Å². The Morgan fingerprint density at radius 3 is 2.51 bits per heavy atom. The molecule has 2 aromatic carbocycles. The number of nitrogens with zero attached hydrogens (tertiary/aromatic N) is 1. The van der Waals surface area contributed by atoms with E-state index in [1.165, 1.54) is 13.3 Å².